The molecule has 3 fully saturated rings. The van der Waals surface area contributed by atoms with Crippen LogP contribution < -0.4 is 0 Å². The number of fused-ring (bicyclic) bond motifs is 1. The van der Waals surface area contributed by atoms with E-state index in [2.05, 4.69) is 82.1 Å². The SMILES string of the molecule is CC(C)(C)[Si](C)(C)O[C@H]1[C@@H](Cl)CCO[C@@H]1CC#C[C@H]1CC[C@@H]2O[C@H](COCc3ccccc3)[C@H](OCc3ccccc3)[C@H](OCc3ccccc3)[C@H]2O1. The van der Waals surface area contributed by atoms with Crippen molar-refractivity contribution in [3.63, 3.8) is 0 Å². The summed E-state index contributed by atoms with van der Waals surface area (Å²) < 4.78 is 46.5. The van der Waals surface area contributed by atoms with Gasteiger partial charge in [0.15, 0.2) is 8.32 Å². The lowest BCUT2D eigenvalue weighted by atomic mass is 9.89. The molecule has 0 spiro atoms. The van der Waals surface area contributed by atoms with E-state index in [1.807, 2.05) is 54.6 Å². The molecule has 0 radical (unpaired) electrons. The monoisotopic (exact) mass is 760 g/mol. The Morgan fingerprint density at radius 1 is 0.717 bits per heavy atom. The molecule has 53 heavy (non-hydrogen) atoms. The van der Waals surface area contributed by atoms with Crippen LogP contribution in [0.4, 0.5) is 0 Å². The minimum atomic E-state index is -2.06. The van der Waals surface area contributed by atoms with Crippen molar-refractivity contribution in [2.24, 2.45) is 0 Å². The second-order valence-electron chi connectivity index (χ2n) is 16.0. The maximum Gasteiger partial charge on any atom is 0.192 e. The summed E-state index contributed by atoms with van der Waals surface area (Å²) in [6.07, 6.45) is 0.444. The van der Waals surface area contributed by atoms with Gasteiger partial charge in [-0.05, 0) is 54.1 Å². The minimum Gasteiger partial charge on any atom is -0.410 e. The van der Waals surface area contributed by atoms with Crippen molar-refractivity contribution < 1.29 is 32.8 Å². The highest BCUT2D eigenvalue weighted by atomic mass is 35.5. The van der Waals surface area contributed by atoms with Crippen molar-refractivity contribution in [2.45, 2.75) is 139 Å². The van der Waals surface area contributed by atoms with Crippen LogP contribution in [0.25, 0.3) is 0 Å². The fourth-order valence-electron chi connectivity index (χ4n) is 6.93. The summed E-state index contributed by atoms with van der Waals surface area (Å²) >= 11 is 6.88. The second kappa shape index (κ2) is 18.9. The molecule has 0 bridgehead atoms. The number of ether oxygens (including phenoxy) is 6. The summed E-state index contributed by atoms with van der Waals surface area (Å²) in [4.78, 5) is 0. The molecule has 0 N–H and O–H groups in total. The molecule has 3 aliphatic heterocycles. The van der Waals surface area contributed by atoms with Gasteiger partial charge in [0.25, 0.3) is 0 Å². The molecular formula is C44H57ClO7Si. The van der Waals surface area contributed by atoms with E-state index < -0.39 is 20.5 Å². The molecule has 0 saturated carbocycles. The maximum absolute atomic E-state index is 6.88. The zero-order valence-corrected chi connectivity index (χ0v) is 33.7. The van der Waals surface area contributed by atoms with Gasteiger partial charge in [-0.1, -0.05) is 124 Å². The van der Waals surface area contributed by atoms with Crippen LogP contribution in [0.15, 0.2) is 91.0 Å². The van der Waals surface area contributed by atoms with E-state index in [-0.39, 0.29) is 47.0 Å². The summed E-state index contributed by atoms with van der Waals surface area (Å²) in [7, 11) is -2.06. The summed E-state index contributed by atoms with van der Waals surface area (Å²) in [6, 6.07) is 30.6. The van der Waals surface area contributed by atoms with Gasteiger partial charge >= 0.3 is 0 Å². The first-order chi connectivity index (χ1) is 25.6. The number of alkyl halides is 1. The fraction of sp³-hybridized carbons (Fsp3) is 0.545. The highest BCUT2D eigenvalue weighted by Gasteiger charge is 2.50. The molecule has 9 heteroatoms. The van der Waals surface area contributed by atoms with Crippen LogP contribution in [0.2, 0.25) is 18.1 Å². The largest absolute Gasteiger partial charge is 0.410 e. The van der Waals surface area contributed by atoms with Crippen LogP contribution in [-0.4, -0.2) is 75.7 Å². The Labute approximate surface area is 323 Å². The predicted molar refractivity (Wildman–Crippen MR) is 211 cm³/mol. The number of hydrogen-bond donors (Lipinski definition) is 0. The van der Waals surface area contributed by atoms with Crippen molar-refractivity contribution in [3.05, 3.63) is 108 Å². The molecule has 0 amide bonds. The Kier molecular flexibility index (Phi) is 14.3. The van der Waals surface area contributed by atoms with Gasteiger partial charge in [-0.2, -0.15) is 0 Å². The molecule has 3 saturated heterocycles. The maximum atomic E-state index is 6.88. The Morgan fingerprint density at radius 3 is 1.91 bits per heavy atom. The molecule has 6 rings (SSSR count). The van der Waals surface area contributed by atoms with Crippen LogP contribution in [0.3, 0.4) is 0 Å². The lowest BCUT2D eigenvalue weighted by Crippen LogP contribution is -2.63. The van der Waals surface area contributed by atoms with Crippen LogP contribution in [0, 0.1) is 11.8 Å². The highest BCUT2D eigenvalue weighted by molar-refractivity contribution is 6.74. The van der Waals surface area contributed by atoms with Crippen LogP contribution in [0.1, 0.15) is 63.1 Å². The van der Waals surface area contributed by atoms with Gasteiger partial charge in [0.05, 0.1) is 50.1 Å². The summed E-state index contributed by atoms with van der Waals surface area (Å²) in [6.45, 7) is 13.6. The molecule has 0 unspecified atom stereocenters. The van der Waals surface area contributed by atoms with Crippen molar-refractivity contribution in [3.8, 4) is 11.8 Å². The molecule has 3 aromatic carbocycles. The average molecular weight is 761 g/mol. The predicted octanol–water partition coefficient (Wildman–Crippen LogP) is 8.87. The van der Waals surface area contributed by atoms with E-state index >= 15 is 0 Å². The molecule has 0 aliphatic carbocycles. The minimum absolute atomic E-state index is 0.0701. The van der Waals surface area contributed by atoms with Crippen molar-refractivity contribution in [2.75, 3.05) is 13.2 Å². The summed E-state index contributed by atoms with van der Waals surface area (Å²) in [5.74, 6) is 6.87. The molecule has 3 heterocycles. The average Bonchev–Trinajstić information content (AvgIpc) is 3.15. The Morgan fingerprint density at radius 2 is 1.30 bits per heavy atom. The number of hydrogen-bond acceptors (Lipinski definition) is 7. The molecule has 286 valence electrons. The Bertz CT molecular complexity index is 1590. The lowest BCUT2D eigenvalue weighted by molar-refractivity contribution is -0.286. The van der Waals surface area contributed by atoms with Gasteiger partial charge in [0, 0.05) is 13.0 Å². The van der Waals surface area contributed by atoms with Gasteiger partial charge in [-0.3, -0.25) is 0 Å². The van der Waals surface area contributed by atoms with Crippen molar-refractivity contribution >= 4 is 19.9 Å². The zero-order chi connectivity index (χ0) is 37.3. The summed E-state index contributed by atoms with van der Waals surface area (Å²) in [5, 5.41) is -0.0311. The van der Waals surface area contributed by atoms with Crippen molar-refractivity contribution in [1.29, 1.82) is 0 Å². The van der Waals surface area contributed by atoms with E-state index in [0.717, 1.165) is 36.0 Å². The Balaban J connectivity index is 1.19. The van der Waals surface area contributed by atoms with E-state index in [0.29, 0.717) is 39.5 Å². The standard InChI is InChI=1S/C44H57ClO7Si/c1-44(2,3)53(4,5)52-40-36(45)26-27-47-37(40)23-15-22-35-24-25-38-42(50-35)43(49-30-34-20-13-8-14-21-34)41(48-29-33-18-11-7-12-19-33)39(51-38)31-46-28-32-16-9-6-10-17-32/h6-14,16-21,35-43H,23-31H2,1-5H3/t35-,36-,37+,38-,39+,40-,41-,42-,43-/m0/s1. The normalized spacial score (nSPS) is 29.1. The highest BCUT2D eigenvalue weighted by Crippen LogP contribution is 2.40. The molecule has 9 atom stereocenters. The lowest BCUT2D eigenvalue weighted by Gasteiger charge is -2.49. The number of rotatable bonds is 13. The first-order valence-corrected chi connectivity index (χ1v) is 22.6. The first-order valence-electron chi connectivity index (χ1n) is 19.2. The van der Waals surface area contributed by atoms with Gasteiger partial charge in [-0.15, -0.1) is 11.6 Å². The molecule has 7 nitrogen and oxygen atoms in total. The van der Waals surface area contributed by atoms with E-state index in [1.54, 1.807) is 0 Å². The third kappa shape index (κ3) is 11.0. The molecule has 0 aromatic heterocycles. The van der Waals surface area contributed by atoms with Gasteiger partial charge in [0.1, 0.15) is 30.5 Å². The Hall–Kier alpha value is -2.55. The number of benzene rings is 3. The fourth-order valence-corrected chi connectivity index (χ4v) is 8.67. The quantitative estimate of drug-likeness (QED) is 0.0980. The third-order valence-electron chi connectivity index (χ3n) is 11.0. The first kappa shape index (κ1) is 40.1. The summed E-state index contributed by atoms with van der Waals surface area (Å²) in [5.41, 5.74) is 3.27. The smallest absolute Gasteiger partial charge is 0.192 e. The van der Waals surface area contributed by atoms with E-state index in [1.165, 1.54) is 0 Å². The molecule has 3 aromatic rings. The van der Waals surface area contributed by atoms with Crippen molar-refractivity contribution in [1.82, 2.24) is 0 Å². The topological polar surface area (TPSA) is 64.6 Å². The van der Waals surface area contributed by atoms with E-state index in [9.17, 15) is 0 Å². The van der Waals surface area contributed by atoms with Gasteiger partial charge in [0.2, 0.25) is 0 Å². The van der Waals surface area contributed by atoms with E-state index in [4.69, 9.17) is 44.4 Å². The van der Waals surface area contributed by atoms with Crippen LogP contribution >= 0.6 is 11.6 Å². The third-order valence-corrected chi connectivity index (χ3v) is 15.9. The molecular weight excluding hydrogens is 704 g/mol. The second-order valence-corrected chi connectivity index (χ2v) is 21.3. The van der Waals surface area contributed by atoms with Gasteiger partial charge in [-0.25, -0.2) is 0 Å². The van der Waals surface area contributed by atoms with Crippen LogP contribution in [-0.2, 0) is 52.7 Å². The number of halogens is 1. The molecule has 3 aliphatic rings. The van der Waals surface area contributed by atoms with Crippen LogP contribution in [0.5, 0.6) is 0 Å². The van der Waals surface area contributed by atoms with Gasteiger partial charge < -0.3 is 32.8 Å². The zero-order valence-electron chi connectivity index (χ0n) is 32.0.